The maximum Gasteiger partial charge on any atom is 0.414 e. The van der Waals surface area contributed by atoms with Crippen LogP contribution >= 0.6 is 0 Å². The first-order valence-electron chi connectivity index (χ1n) is 13.1. The number of methoxy groups -OCH3 is 1. The highest BCUT2D eigenvalue weighted by molar-refractivity contribution is 5.91. The molecule has 1 aromatic rings. The molecule has 3 fully saturated rings. The van der Waals surface area contributed by atoms with E-state index in [1.807, 2.05) is 4.90 Å². The van der Waals surface area contributed by atoms with Crippen LogP contribution in [0.4, 0.5) is 19.7 Å². The van der Waals surface area contributed by atoms with Crippen molar-refractivity contribution in [3.05, 3.63) is 29.6 Å². The number of nitrogens with zero attached hydrogens (tertiary/aromatic N) is 3. The third-order valence-corrected chi connectivity index (χ3v) is 8.73. The molecule has 1 spiro atoms. The lowest BCUT2D eigenvalue weighted by Crippen LogP contribution is -2.49. The van der Waals surface area contributed by atoms with E-state index in [9.17, 15) is 14.0 Å². The molecule has 0 N–H and O–H groups in total. The molecule has 35 heavy (non-hydrogen) atoms. The van der Waals surface area contributed by atoms with Gasteiger partial charge in [-0.05, 0) is 87.2 Å². The predicted octanol–water partition coefficient (Wildman–Crippen LogP) is 4.78. The van der Waals surface area contributed by atoms with Crippen molar-refractivity contribution in [1.29, 1.82) is 0 Å². The van der Waals surface area contributed by atoms with Crippen LogP contribution in [0, 0.1) is 17.7 Å². The Morgan fingerprint density at radius 2 is 1.91 bits per heavy atom. The van der Waals surface area contributed by atoms with Gasteiger partial charge >= 0.3 is 12.2 Å². The Bertz CT molecular complexity index is 962. The van der Waals surface area contributed by atoms with Crippen molar-refractivity contribution in [2.45, 2.75) is 69.9 Å². The molecular formula is C27H38FN3O4. The number of anilines is 1. The minimum absolute atomic E-state index is 0.154. The zero-order valence-electron chi connectivity index (χ0n) is 21.2. The summed E-state index contributed by atoms with van der Waals surface area (Å²) in [5, 5.41) is 0. The average molecular weight is 488 g/mol. The Labute approximate surface area is 207 Å². The highest BCUT2D eigenvalue weighted by Crippen LogP contribution is 2.49. The van der Waals surface area contributed by atoms with Gasteiger partial charge in [-0.2, -0.15) is 0 Å². The molecule has 192 valence electrons. The lowest BCUT2D eigenvalue weighted by atomic mass is 9.74. The number of rotatable bonds is 3. The molecule has 1 aromatic carbocycles. The van der Waals surface area contributed by atoms with Gasteiger partial charge in [0.1, 0.15) is 5.82 Å². The zero-order valence-corrected chi connectivity index (χ0v) is 21.2. The number of carbonyl (C=O) groups excluding carboxylic acids is 2. The maximum atomic E-state index is 14.2. The lowest BCUT2D eigenvalue weighted by molar-refractivity contribution is 0.0538. The van der Waals surface area contributed by atoms with E-state index < -0.39 is 0 Å². The topological polar surface area (TPSA) is 62.3 Å². The Kier molecular flexibility index (Phi) is 6.68. The molecule has 4 aliphatic rings. The fraction of sp³-hybridized carbons (Fsp3) is 0.704. The monoisotopic (exact) mass is 487 g/mol. The Morgan fingerprint density at radius 3 is 2.63 bits per heavy atom. The smallest absolute Gasteiger partial charge is 0.414 e. The summed E-state index contributed by atoms with van der Waals surface area (Å²) in [5.41, 5.74) is 1.47. The van der Waals surface area contributed by atoms with Gasteiger partial charge in [-0.25, -0.2) is 14.0 Å². The molecule has 8 heteroatoms. The normalized spacial score (nSPS) is 27.7. The van der Waals surface area contributed by atoms with Crippen LogP contribution in [-0.4, -0.2) is 74.0 Å². The van der Waals surface area contributed by atoms with Crippen LogP contribution in [0.5, 0.6) is 0 Å². The first kappa shape index (κ1) is 24.3. The van der Waals surface area contributed by atoms with E-state index in [0.29, 0.717) is 31.0 Å². The lowest BCUT2D eigenvalue weighted by Gasteiger charge is -2.42. The van der Waals surface area contributed by atoms with Crippen LogP contribution in [-0.2, 0) is 14.9 Å². The minimum Gasteiger partial charge on any atom is -0.452 e. The Morgan fingerprint density at radius 1 is 1.14 bits per heavy atom. The van der Waals surface area contributed by atoms with E-state index in [2.05, 4.69) is 18.7 Å². The quantitative estimate of drug-likeness (QED) is 0.614. The molecule has 2 saturated heterocycles. The van der Waals surface area contributed by atoms with E-state index in [4.69, 9.17) is 9.47 Å². The van der Waals surface area contributed by atoms with Gasteiger partial charge in [0, 0.05) is 30.6 Å². The van der Waals surface area contributed by atoms with Crippen LogP contribution < -0.4 is 4.90 Å². The molecule has 3 aliphatic heterocycles. The SMILES string of the molecule is COC(=O)N1CC2(CCN(C3CC4CCCN(C(=O)OCC(C)C)C4C3)CC2)c2cc(F)ccc21. The van der Waals surface area contributed by atoms with Crippen molar-refractivity contribution in [1.82, 2.24) is 9.80 Å². The molecule has 5 rings (SSSR count). The van der Waals surface area contributed by atoms with Crippen molar-refractivity contribution >= 4 is 17.9 Å². The standard InChI is InChI=1S/C27H38FN3O4/c1-18(2)16-35-26(33)30-10-4-5-19-13-21(15-24(19)30)29-11-8-27(9-12-29)17-31(25(32)34-3)23-7-6-20(28)14-22(23)27/h6-7,14,18-19,21,24H,4-5,8-13,15-17H2,1-3H3. The molecule has 0 aromatic heterocycles. The van der Waals surface area contributed by atoms with Gasteiger partial charge in [-0.3, -0.25) is 4.90 Å². The van der Waals surface area contributed by atoms with Crippen molar-refractivity contribution in [2.24, 2.45) is 11.8 Å². The number of ether oxygens (including phenoxy) is 2. The second-order valence-electron chi connectivity index (χ2n) is 11.3. The summed E-state index contributed by atoms with van der Waals surface area (Å²) in [4.78, 5) is 31.4. The minimum atomic E-state index is -0.388. The van der Waals surface area contributed by atoms with E-state index in [1.54, 1.807) is 17.0 Å². The molecule has 1 saturated carbocycles. The number of carbonyl (C=O) groups is 2. The first-order valence-corrected chi connectivity index (χ1v) is 13.1. The predicted molar refractivity (Wildman–Crippen MR) is 131 cm³/mol. The molecule has 1 aliphatic carbocycles. The second kappa shape index (κ2) is 9.60. The van der Waals surface area contributed by atoms with Gasteiger partial charge in [0.2, 0.25) is 0 Å². The van der Waals surface area contributed by atoms with Crippen molar-refractivity contribution < 1.29 is 23.5 Å². The second-order valence-corrected chi connectivity index (χ2v) is 11.3. The van der Waals surface area contributed by atoms with Crippen LogP contribution in [0.1, 0.15) is 57.9 Å². The first-order chi connectivity index (χ1) is 16.8. The fourth-order valence-corrected chi connectivity index (χ4v) is 6.96. The highest BCUT2D eigenvalue weighted by Gasteiger charge is 2.50. The van der Waals surface area contributed by atoms with E-state index >= 15 is 0 Å². The third-order valence-electron chi connectivity index (χ3n) is 8.73. The van der Waals surface area contributed by atoms with Crippen molar-refractivity contribution in [3.8, 4) is 0 Å². The summed E-state index contributed by atoms with van der Waals surface area (Å²) in [6, 6.07) is 5.45. The number of hydrogen-bond acceptors (Lipinski definition) is 5. The summed E-state index contributed by atoms with van der Waals surface area (Å²) in [6.45, 7) is 7.73. The number of fused-ring (bicyclic) bond motifs is 3. The molecule has 3 heterocycles. The third kappa shape index (κ3) is 4.50. The zero-order chi connectivity index (χ0) is 24.7. The number of benzene rings is 1. The fourth-order valence-electron chi connectivity index (χ4n) is 6.96. The van der Waals surface area contributed by atoms with Gasteiger partial charge in [0.25, 0.3) is 0 Å². The van der Waals surface area contributed by atoms with E-state index in [1.165, 1.54) is 19.6 Å². The highest BCUT2D eigenvalue weighted by atomic mass is 19.1. The Hall–Kier alpha value is -2.35. The molecule has 2 amide bonds. The van der Waals surface area contributed by atoms with Crippen molar-refractivity contribution in [3.63, 3.8) is 0 Å². The largest absolute Gasteiger partial charge is 0.452 e. The number of piperidine rings is 2. The van der Waals surface area contributed by atoms with Crippen LogP contribution in [0.2, 0.25) is 0 Å². The molecule has 3 atom stereocenters. The van der Waals surface area contributed by atoms with E-state index in [-0.39, 0.29) is 29.5 Å². The molecule has 0 bridgehead atoms. The van der Waals surface area contributed by atoms with Gasteiger partial charge < -0.3 is 19.3 Å². The van der Waals surface area contributed by atoms with Crippen molar-refractivity contribution in [2.75, 3.05) is 44.8 Å². The van der Waals surface area contributed by atoms with Gasteiger partial charge in [-0.1, -0.05) is 13.8 Å². The van der Waals surface area contributed by atoms with Crippen LogP contribution in [0.3, 0.4) is 0 Å². The van der Waals surface area contributed by atoms with Crippen LogP contribution in [0.15, 0.2) is 18.2 Å². The average Bonchev–Trinajstić information content (AvgIpc) is 3.42. The maximum absolute atomic E-state index is 14.2. The number of hydrogen-bond donors (Lipinski definition) is 0. The molecule has 3 unspecified atom stereocenters. The van der Waals surface area contributed by atoms with Gasteiger partial charge in [-0.15, -0.1) is 0 Å². The van der Waals surface area contributed by atoms with Gasteiger partial charge in [0.05, 0.1) is 19.4 Å². The number of likely N-dealkylation sites (tertiary alicyclic amines) is 2. The summed E-state index contributed by atoms with van der Waals surface area (Å²) < 4.78 is 24.8. The molecular weight excluding hydrogens is 449 g/mol. The number of amides is 2. The van der Waals surface area contributed by atoms with Gasteiger partial charge in [0.15, 0.2) is 0 Å². The summed E-state index contributed by atoms with van der Waals surface area (Å²) in [5.74, 6) is 0.606. The molecule has 0 radical (unpaired) electrons. The number of halogens is 1. The van der Waals surface area contributed by atoms with E-state index in [0.717, 1.165) is 63.0 Å². The Balaban J connectivity index is 1.26. The summed E-state index contributed by atoms with van der Waals surface area (Å²) >= 11 is 0. The molecule has 7 nitrogen and oxygen atoms in total. The summed E-state index contributed by atoms with van der Waals surface area (Å²) in [6.07, 6.45) is 5.54. The summed E-state index contributed by atoms with van der Waals surface area (Å²) in [7, 11) is 1.39. The van der Waals surface area contributed by atoms with Crippen LogP contribution in [0.25, 0.3) is 0 Å².